The molecule has 0 aliphatic heterocycles. The Morgan fingerprint density at radius 3 is 2.40 bits per heavy atom. The molecule has 0 fully saturated rings. The van der Waals surface area contributed by atoms with Gasteiger partial charge in [0.15, 0.2) is 0 Å². The molecule has 0 N–H and O–H groups in total. The summed E-state index contributed by atoms with van der Waals surface area (Å²) in [7, 11) is 0. The maximum atomic E-state index is 13.3. The van der Waals surface area contributed by atoms with Crippen LogP contribution < -0.4 is 0 Å². The Kier molecular flexibility index (Phi) is 5.74. The smallest absolute Gasteiger partial charge is 0.332 e. The maximum Gasteiger partial charge on any atom is 0.406 e. The van der Waals surface area contributed by atoms with Crippen LogP contribution in [0.3, 0.4) is 0 Å². The topological polar surface area (TPSA) is 20.3 Å². The van der Waals surface area contributed by atoms with Gasteiger partial charge in [-0.2, -0.15) is 13.2 Å². The molecule has 0 bridgehead atoms. The zero-order chi connectivity index (χ0) is 15.3. The highest BCUT2D eigenvalue weighted by Gasteiger charge is 2.32. The Labute approximate surface area is 117 Å². The van der Waals surface area contributed by atoms with Crippen LogP contribution in [-0.2, 0) is 11.2 Å². The van der Waals surface area contributed by atoms with E-state index in [0.717, 1.165) is 12.1 Å². The number of hydrogen-bond donors (Lipinski definition) is 0. The van der Waals surface area contributed by atoms with Crippen molar-refractivity contribution in [1.29, 1.82) is 0 Å². The van der Waals surface area contributed by atoms with Gasteiger partial charge in [-0.1, -0.05) is 6.07 Å². The third kappa shape index (κ3) is 5.32. The Morgan fingerprint density at radius 1 is 1.25 bits per heavy atom. The number of amides is 1. The van der Waals surface area contributed by atoms with E-state index in [0.29, 0.717) is 11.0 Å². The first-order valence-corrected chi connectivity index (χ1v) is 6.11. The lowest BCUT2D eigenvalue weighted by Crippen LogP contribution is -2.41. The molecule has 0 spiro atoms. The molecule has 8 heteroatoms. The van der Waals surface area contributed by atoms with E-state index < -0.39 is 36.7 Å². The summed E-state index contributed by atoms with van der Waals surface area (Å²) in [6.07, 6.45) is -5.15. The number of nitrogens with zero attached hydrogens (tertiary/aromatic N) is 1. The van der Waals surface area contributed by atoms with E-state index in [1.807, 2.05) is 0 Å². The van der Waals surface area contributed by atoms with Crippen molar-refractivity contribution in [2.75, 3.05) is 19.0 Å². The van der Waals surface area contributed by atoms with Gasteiger partial charge >= 0.3 is 6.18 Å². The predicted octanol–water partition coefficient (Wildman–Crippen LogP) is 3.14. The SMILES string of the molecule is O=C(Cc1ccc(F)cc1F)N(CCCl)CC(F)(F)F. The van der Waals surface area contributed by atoms with Crippen molar-refractivity contribution in [2.24, 2.45) is 0 Å². The van der Waals surface area contributed by atoms with Gasteiger partial charge in [-0.3, -0.25) is 4.79 Å². The van der Waals surface area contributed by atoms with Gasteiger partial charge in [-0.05, 0) is 11.6 Å². The quantitative estimate of drug-likeness (QED) is 0.604. The van der Waals surface area contributed by atoms with Crippen LogP contribution in [0.4, 0.5) is 22.0 Å². The lowest BCUT2D eigenvalue weighted by atomic mass is 10.1. The number of carbonyl (C=O) groups excluding carboxylic acids is 1. The average Bonchev–Trinajstić information content (AvgIpc) is 2.30. The Bertz CT molecular complexity index is 477. The third-order valence-corrected chi connectivity index (χ3v) is 2.60. The van der Waals surface area contributed by atoms with Crippen molar-refractivity contribution >= 4 is 17.5 Å². The fraction of sp³-hybridized carbons (Fsp3) is 0.417. The lowest BCUT2D eigenvalue weighted by molar-refractivity contribution is -0.160. The van der Waals surface area contributed by atoms with Crippen LogP contribution in [0.2, 0.25) is 0 Å². The van der Waals surface area contributed by atoms with E-state index in [2.05, 4.69) is 0 Å². The molecule has 20 heavy (non-hydrogen) atoms. The van der Waals surface area contributed by atoms with Crippen LogP contribution in [0.15, 0.2) is 18.2 Å². The van der Waals surface area contributed by atoms with Gasteiger partial charge in [0.1, 0.15) is 18.2 Å². The highest BCUT2D eigenvalue weighted by molar-refractivity contribution is 6.18. The van der Waals surface area contributed by atoms with Gasteiger partial charge in [0, 0.05) is 18.5 Å². The largest absolute Gasteiger partial charge is 0.406 e. The molecule has 2 nitrogen and oxygen atoms in total. The number of rotatable bonds is 5. The molecule has 1 aromatic rings. The Balaban J connectivity index is 2.80. The van der Waals surface area contributed by atoms with Gasteiger partial charge < -0.3 is 4.90 Å². The molecule has 0 aromatic heterocycles. The molecule has 0 aliphatic carbocycles. The Morgan fingerprint density at radius 2 is 1.90 bits per heavy atom. The van der Waals surface area contributed by atoms with Gasteiger partial charge in [0.2, 0.25) is 5.91 Å². The first-order valence-electron chi connectivity index (χ1n) is 5.57. The van der Waals surface area contributed by atoms with Crippen LogP contribution in [0.5, 0.6) is 0 Å². The van der Waals surface area contributed by atoms with E-state index >= 15 is 0 Å². The zero-order valence-electron chi connectivity index (χ0n) is 10.2. The molecular formula is C12H11ClF5NO. The number of carbonyl (C=O) groups is 1. The van der Waals surface area contributed by atoms with Crippen molar-refractivity contribution in [3.05, 3.63) is 35.4 Å². The monoisotopic (exact) mass is 315 g/mol. The molecule has 0 saturated carbocycles. The van der Waals surface area contributed by atoms with Crippen LogP contribution in [0, 0.1) is 11.6 Å². The summed E-state index contributed by atoms with van der Waals surface area (Å²) >= 11 is 5.34. The number of halogens is 6. The van der Waals surface area contributed by atoms with Gasteiger partial charge in [0.05, 0.1) is 6.42 Å². The normalized spacial score (nSPS) is 11.5. The second-order valence-corrected chi connectivity index (χ2v) is 4.41. The van der Waals surface area contributed by atoms with Crippen LogP contribution in [0.1, 0.15) is 5.56 Å². The molecule has 0 atom stereocenters. The van der Waals surface area contributed by atoms with Crippen molar-refractivity contribution in [3.63, 3.8) is 0 Å². The molecular weight excluding hydrogens is 305 g/mol. The summed E-state index contributed by atoms with van der Waals surface area (Å²) in [6, 6.07) is 2.52. The molecule has 0 saturated heterocycles. The van der Waals surface area contributed by atoms with Crippen LogP contribution in [-0.4, -0.2) is 36.0 Å². The fourth-order valence-electron chi connectivity index (χ4n) is 1.55. The van der Waals surface area contributed by atoms with E-state index in [-0.39, 0.29) is 18.0 Å². The van der Waals surface area contributed by atoms with Gasteiger partial charge in [0.25, 0.3) is 0 Å². The van der Waals surface area contributed by atoms with E-state index in [9.17, 15) is 26.7 Å². The molecule has 0 radical (unpaired) electrons. The molecule has 1 rings (SSSR count). The van der Waals surface area contributed by atoms with Crippen LogP contribution in [0.25, 0.3) is 0 Å². The molecule has 0 unspecified atom stereocenters. The first kappa shape index (κ1) is 16.7. The fourth-order valence-corrected chi connectivity index (χ4v) is 1.75. The Hall–Kier alpha value is -1.37. The van der Waals surface area contributed by atoms with Crippen LogP contribution >= 0.6 is 11.6 Å². The lowest BCUT2D eigenvalue weighted by Gasteiger charge is -2.23. The molecule has 1 aromatic carbocycles. The van der Waals surface area contributed by atoms with Gasteiger partial charge in [-0.15, -0.1) is 11.6 Å². The highest BCUT2D eigenvalue weighted by atomic mass is 35.5. The molecule has 0 aliphatic rings. The summed E-state index contributed by atoms with van der Waals surface area (Å²) < 4.78 is 62.9. The zero-order valence-corrected chi connectivity index (χ0v) is 10.9. The highest BCUT2D eigenvalue weighted by Crippen LogP contribution is 2.18. The standard InChI is InChI=1S/C12H11ClF5NO/c13-3-4-19(7-12(16,17)18)11(20)5-8-1-2-9(14)6-10(8)15/h1-2,6H,3-5,7H2. The van der Waals surface area contributed by atoms with Crippen molar-refractivity contribution in [3.8, 4) is 0 Å². The summed E-state index contributed by atoms with van der Waals surface area (Å²) in [5, 5.41) is 0. The summed E-state index contributed by atoms with van der Waals surface area (Å²) in [6.45, 7) is -1.76. The third-order valence-electron chi connectivity index (χ3n) is 2.43. The minimum atomic E-state index is -4.57. The van der Waals surface area contributed by atoms with E-state index in [1.54, 1.807) is 0 Å². The van der Waals surface area contributed by atoms with E-state index in [4.69, 9.17) is 11.6 Å². The van der Waals surface area contributed by atoms with Gasteiger partial charge in [-0.25, -0.2) is 8.78 Å². The summed E-state index contributed by atoms with van der Waals surface area (Å²) in [5.74, 6) is -2.90. The number of alkyl halides is 4. The van der Waals surface area contributed by atoms with Crippen molar-refractivity contribution in [2.45, 2.75) is 12.6 Å². The molecule has 1 amide bonds. The average molecular weight is 316 g/mol. The molecule has 0 heterocycles. The minimum Gasteiger partial charge on any atom is -0.332 e. The number of benzene rings is 1. The number of hydrogen-bond acceptors (Lipinski definition) is 1. The van der Waals surface area contributed by atoms with Crippen molar-refractivity contribution in [1.82, 2.24) is 4.90 Å². The second kappa shape index (κ2) is 6.88. The van der Waals surface area contributed by atoms with E-state index in [1.165, 1.54) is 0 Å². The van der Waals surface area contributed by atoms with Crippen molar-refractivity contribution < 1.29 is 26.7 Å². The summed E-state index contributed by atoms with van der Waals surface area (Å²) in [5.41, 5.74) is -0.168. The predicted molar refractivity (Wildman–Crippen MR) is 63.4 cm³/mol. The molecule has 112 valence electrons. The first-order chi connectivity index (χ1) is 9.23. The minimum absolute atomic E-state index is 0.168. The summed E-state index contributed by atoms with van der Waals surface area (Å²) in [4.78, 5) is 12.2. The second-order valence-electron chi connectivity index (χ2n) is 4.03. The maximum absolute atomic E-state index is 13.3.